The number of rotatable bonds is 2. The summed E-state index contributed by atoms with van der Waals surface area (Å²) in [6.45, 7) is 0. The Balaban J connectivity index is 1.93. The van der Waals surface area contributed by atoms with Gasteiger partial charge in [0.05, 0.1) is 17.7 Å². The zero-order valence-corrected chi connectivity index (χ0v) is 9.37. The number of carbonyl (C=O) groups excluding carboxylic acids is 2. The Morgan fingerprint density at radius 1 is 1.27 bits per heavy atom. The molecular formula is C11H13NO2S. The number of hydrogen-bond donors (Lipinski definition) is 0. The molecule has 1 saturated carbocycles. The molecule has 2 bridgehead atoms. The highest BCUT2D eigenvalue weighted by Gasteiger charge is 2.58. The van der Waals surface area contributed by atoms with Crippen molar-refractivity contribution < 1.29 is 9.59 Å². The van der Waals surface area contributed by atoms with Gasteiger partial charge in [-0.1, -0.05) is 12.2 Å². The van der Waals surface area contributed by atoms with E-state index >= 15 is 0 Å². The number of carbonyl (C=O) groups is 2. The summed E-state index contributed by atoms with van der Waals surface area (Å²) in [6, 6.07) is 0. The second-order valence-electron chi connectivity index (χ2n) is 4.52. The minimum Gasteiger partial charge on any atom is -0.274 e. The van der Waals surface area contributed by atoms with Crippen molar-refractivity contribution in [2.24, 2.45) is 23.7 Å². The van der Waals surface area contributed by atoms with Crippen LogP contribution >= 0.6 is 11.8 Å². The summed E-state index contributed by atoms with van der Waals surface area (Å²) in [5, 5.41) is 0. The van der Waals surface area contributed by atoms with Gasteiger partial charge in [0.25, 0.3) is 0 Å². The fraction of sp³-hybridized carbons (Fsp3) is 0.636. The van der Waals surface area contributed by atoms with Crippen molar-refractivity contribution in [3.8, 4) is 0 Å². The third kappa shape index (κ3) is 1.08. The molecule has 1 saturated heterocycles. The zero-order valence-electron chi connectivity index (χ0n) is 8.55. The largest absolute Gasteiger partial charge is 0.274 e. The second kappa shape index (κ2) is 3.11. The second-order valence-corrected chi connectivity index (χ2v) is 5.36. The van der Waals surface area contributed by atoms with Crippen molar-refractivity contribution in [2.45, 2.75) is 6.42 Å². The molecule has 0 unspecified atom stereocenters. The van der Waals surface area contributed by atoms with E-state index in [0.717, 1.165) is 6.42 Å². The van der Waals surface area contributed by atoms with Crippen LogP contribution in [0.5, 0.6) is 0 Å². The lowest BCUT2D eigenvalue weighted by atomic mass is 9.85. The number of allylic oxidation sites excluding steroid dienone is 2. The van der Waals surface area contributed by atoms with E-state index in [4.69, 9.17) is 0 Å². The molecule has 0 N–H and O–H groups in total. The molecule has 3 rings (SSSR count). The van der Waals surface area contributed by atoms with Gasteiger partial charge in [-0.15, -0.1) is 11.8 Å². The Morgan fingerprint density at radius 3 is 2.27 bits per heavy atom. The van der Waals surface area contributed by atoms with Crippen molar-refractivity contribution in [3.63, 3.8) is 0 Å². The molecule has 1 heterocycles. The summed E-state index contributed by atoms with van der Waals surface area (Å²) >= 11 is 1.53. The average Bonchev–Trinajstić information content (AvgIpc) is 2.87. The standard InChI is InChI=1S/C11H13NO2S/c1-15-5-12-10(13)8-6-2-3-7(4-6)9(8)11(12)14/h2-3,6-9H,4-5H2,1H3/t6-,7+,8+,9-. The first kappa shape index (κ1) is 9.46. The lowest BCUT2D eigenvalue weighted by Gasteiger charge is -2.15. The van der Waals surface area contributed by atoms with Gasteiger partial charge >= 0.3 is 0 Å². The normalized spacial score (nSPS) is 41.8. The molecule has 2 aliphatic carbocycles. The molecule has 0 radical (unpaired) electrons. The van der Waals surface area contributed by atoms with E-state index < -0.39 is 0 Å². The Morgan fingerprint density at radius 2 is 1.80 bits per heavy atom. The smallest absolute Gasteiger partial charge is 0.234 e. The number of thioether (sulfide) groups is 1. The summed E-state index contributed by atoms with van der Waals surface area (Å²) in [4.78, 5) is 25.5. The van der Waals surface area contributed by atoms with E-state index in [0.29, 0.717) is 17.7 Å². The number of imide groups is 1. The van der Waals surface area contributed by atoms with Gasteiger partial charge in [-0.3, -0.25) is 14.5 Å². The van der Waals surface area contributed by atoms with Gasteiger partial charge in [-0.25, -0.2) is 0 Å². The van der Waals surface area contributed by atoms with Crippen molar-refractivity contribution in [1.82, 2.24) is 4.90 Å². The van der Waals surface area contributed by atoms with Crippen LogP contribution in [0.25, 0.3) is 0 Å². The molecule has 15 heavy (non-hydrogen) atoms. The monoisotopic (exact) mass is 223 g/mol. The maximum absolute atomic E-state index is 12.0. The van der Waals surface area contributed by atoms with E-state index in [1.54, 1.807) is 0 Å². The third-order valence-corrected chi connectivity index (χ3v) is 4.34. The van der Waals surface area contributed by atoms with Crippen LogP contribution in [0.1, 0.15) is 6.42 Å². The molecule has 3 aliphatic rings. The molecule has 0 aromatic rings. The molecule has 2 amide bonds. The first-order chi connectivity index (χ1) is 7.24. The highest BCUT2D eigenvalue weighted by Crippen LogP contribution is 2.52. The van der Waals surface area contributed by atoms with Gasteiger partial charge in [-0.2, -0.15) is 0 Å². The SMILES string of the molecule is CSCN1C(=O)[C@@H]2[C@H](C1=O)[C@H]1C=C[C@@H]2C1. The number of likely N-dealkylation sites (tertiary alicyclic amines) is 1. The van der Waals surface area contributed by atoms with E-state index in [1.165, 1.54) is 16.7 Å². The summed E-state index contributed by atoms with van der Waals surface area (Å²) in [5.74, 6) is 1.27. The maximum atomic E-state index is 12.0. The van der Waals surface area contributed by atoms with Crippen LogP contribution in [-0.2, 0) is 9.59 Å². The number of nitrogens with zero attached hydrogens (tertiary/aromatic N) is 1. The summed E-state index contributed by atoms with van der Waals surface area (Å²) < 4.78 is 0. The lowest BCUT2D eigenvalue weighted by molar-refractivity contribution is -0.139. The van der Waals surface area contributed by atoms with E-state index in [-0.39, 0.29) is 23.7 Å². The summed E-state index contributed by atoms with van der Waals surface area (Å²) in [7, 11) is 0. The molecule has 2 fully saturated rings. The lowest BCUT2D eigenvalue weighted by Crippen LogP contribution is -2.32. The molecule has 3 nitrogen and oxygen atoms in total. The zero-order chi connectivity index (χ0) is 10.6. The number of amides is 2. The van der Waals surface area contributed by atoms with Crippen LogP contribution in [-0.4, -0.2) is 28.8 Å². The van der Waals surface area contributed by atoms with Crippen molar-refractivity contribution in [3.05, 3.63) is 12.2 Å². The van der Waals surface area contributed by atoms with Crippen molar-refractivity contribution in [2.75, 3.05) is 12.1 Å². The topological polar surface area (TPSA) is 37.4 Å². The predicted molar refractivity (Wildman–Crippen MR) is 58.0 cm³/mol. The van der Waals surface area contributed by atoms with Crippen molar-refractivity contribution >= 4 is 23.6 Å². The van der Waals surface area contributed by atoms with Gasteiger partial charge < -0.3 is 0 Å². The van der Waals surface area contributed by atoms with Gasteiger partial charge in [0.15, 0.2) is 0 Å². The van der Waals surface area contributed by atoms with Gasteiger partial charge in [0.1, 0.15) is 0 Å². The van der Waals surface area contributed by atoms with E-state index in [1.807, 2.05) is 6.26 Å². The minimum atomic E-state index is -0.0281. The third-order valence-electron chi connectivity index (χ3n) is 3.82. The average molecular weight is 223 g/mol. The summed E-state index contributed by atoms with van der Waals surface area (Å²) in [5.41, 5.74) is 0. The van der Waals surface area contributed by atoms with E-state index in [2.05, 4.69) is 12.2 Å². The Bertz CT molecular complexity index is 336. The quantitative estimate of drug-likeness (QED) is 0.520. The number of fused-ring (bicyclic) bond motifs is 5. The summed E-state index contributed by atoms with van der Waals surface area (Å²) in [6.07, 6.45) is 7.18. The molecule has 4 heteroatoms. The van der Waals surface area contributed by atoms with Crippen LogP contribution in [0, 0.1) is 23.7 Å². The Labute approximate surface area is 92.9 Å². The molecule has 0 aromatic carbocycles. The molecule has 0 aromatic heterocycles. The predicted octanol–water partition coefficient (Wildman–Crippen LogP) is 1.11. The molecule has 1 aliphatic heterocycles. The molecule has 4 atom stereocenters. The van der Waals surface area contributed by atoms with Gasteiger partial charge in [0.2, 0.25) is 11.8 Å². The van der Waals surface area contributed by atoms with Gasteiger partial charge in [-0.05, 0) is 24.5 Å². The minimum absolute atomic E-state index is 0.0281. The molecule has 0 spiro atoms. The highest BCUT2D eigenvalue weighted by molar-refractivity contribution is 7.98. The van der Waals surface area contributed by atoms with Crippen LogP contribution in [0.3, 0.4) is 0 Å². The fourth-order valence-electron chi connectivity index (χ4n) is 3.22. The highest BCUT2D eigenvalue weighted by atomic mass is 32.2. The fourth-order valence-corrected chi connectivity index (χ4v) is 3.73. The molecular weight excluding hydrogens is 210 g/mol. The Hall–Kier alpha value is -0.770. The van der Waals surface area contributed by atoms with E-state index in [9.17, 15) is 9.59 Å². The molecule has 80 valence electrons. The number of hydrogen-bond acceptors (Lipinski definition) is 3. The van der Waals surface area contributed by atoms with Crippen molar-refractivity contribution in [1.29, 1.82) is 0 Å². The Kier molecular flexibility index (Phi) is 1.96. The first-order valence-corrected chi connectivity index (χ1v) is 6.66. The van der Waals surface area contributed by atoms with Crippen LogP contribution in [0.2, 0.25) is 0 Å². The van der Waals surface area contributed by atoms with Crippen LogP contribution < -0.4 is 0 Å². The van der Waals surface area contributed by atoms with Crippen LogP contribution in [0.4, 0.5) is 0 Å². The van der Waals surface area contributed by atoms with Crippen LogP contribution in [0.15, 0.2) is 12.2 Å². The van der Waals surface area contributed by atoms with Gasteiger partial charge in [0, 0.05) is 0 Å². The first-order valence-electron chi connectivity index (χ1n) is 5.26. The maximum Gasteiger partial charge on any atom is 0.234 e.